The molecule has 0 aliphatic carbocycles. The maximum atomic E-state index is 11.4. The number of sulfone groups is 1. The van der Waals surface area contributed by atoms with Gasteiger partial charge in [0.25, 0.3) is 0 Å². The number of ketones is 1. The zero-order chi connectivity index (χ0) is 8.82. The highest BCUT2D eigenvalue weighted by Gasteiger charge is 2.49. The second-order valence-corrected chi connectivity index (χ2v) is 5.71. The monoisotopic (exact) mass is 189 g/mol. The molecule has 2 aliphatic rings. The van der Waals surface area contributed by atoms with E-state index in [9.17, 15) is 13.2 Å². The maximum absolute atomic E-state index is 11.4. The largest absolute Gasteiger partial charge is 0.304 e. The summed E-state index contributed by atoms with van der Waals surface area (Å²) in [5.41, 5.74) is -0.696. The average Bonchev–Trinajstić information content (AvgIpc) is 2.43. The highest BCUT2D eigenvalue weighted by Crippen LogP contribution is 2.28. The summed E-state index contributed by atoms with van der Waals surface area (Å²) >= 11 is 0. The Labute approximate surface area is 71.3 Å². The van der Waals surface area contributed by atoms with Gasteiger partial charge in [-0.3, -0.25) is 4.79 Å². The molecule has 2 rings (SSSR count). The van der Waals surface area contributed by atoms with Crippen molar-refractivity contribution in [2.24, 2.45) is 0 Å². The first kappa shape index (κ1) is 8.19. The van der Waals surface area contributed by atoms with Crippen LogP contribution in [0.25, 0.3) is 0 Å². The summed E-state index contributed by atoms with van der Waals surface area (Å²) < 4.78 is 22.3. The first-order valence-corrected chi connectivity index (χ1v) is 5.85. The first-order valence-electron chi connectivity index (χ1n) is 4.03. The summed E-state index contributed by atoms with van der Waals surface area (Å²) in [5.74, 6) is 0.244. The van der Waals surface area contributed by atoms with E-state index in [1.807, 2.05) is 0 Å². The number of carbonyl (C=O) groups excluding carboxylic acids is 1. The van der Waals surface area contributed by atoms with E-state index in [1.54, 1.807) is 0 Å². The molecule has 2 fully saturated rings. The number of carbonyl (C=O) groups is 1. The highest BCUT2D eigenvalue weighted by atomic mass is 32.2. The molecular weight excluding hydrogens is 178 g/mol. The summed E-state index contributed by atoms with van der Waals surface area (Å²) in [6.07, 6.45) is 0.948. The Morgan fingerprint density at radius 3 is 2.58 bits per heavy atom. The van der Waals surface area contributed by atoms with Gasteiger partial charge in [-0.25, -0.2) is 8.42 Å². The molecule has 2 aliphatic heterocycles. The van der Waals surface area contributed by atoms with Crippen molar-refractivity contribution >= 4 is 15.6 Å². The second-order valence-electron chi connectivity index (χ2n) is 3.52. The lowest BCUT2D eigenvalue weighted by atomic mass is 9.96. The van der Waals surface area contributed by atoms with Crippen LogP contribution >= 0.6 is 0 Å². The summed E-state index contributed by atoms with van der Waals surface area (Å²) in [5, 5.41) is 3.01. The molecule has 0 amide bonds. The van der Waals surface area contributed by atoms with Gasteiger partial charge in [0.1, 0.15) is 0 Å². The predicted octanol–water partition coefficient (Wildman–Crippen LogP) is -0.894. The number of Topliss-reactive ketones (excluding diaryl/α,β-unsaturated/α-hetero) is 1. The van der Waals surface area contributed by atoms with Gasteiger partial charge in [-0.1, -0.05) is 0 Å². The summed E-state index contributed by atoms with van der Waals surface area (Å²) in [6.45, 7) is 0.633. The van der Waals surface area contributed by atoms with Gasteiger partial charge in [0.15, 0.2) is 15.6 Å². The third-order valence-electron chi connectivity index (χ3n) is 2.66. The van der Waals surface area contributed by atoms with Crippen LogP contribution in [0.1, 0.15) is 12.8 Å². The van der Waals surface area contributed by atoms with Crippen LogP contribution < -0.4 is 5.32 Å². The van der Waals surface area contributed by atoms with Crippen molar-refractivity contribution in [3.8, 4) is 0 Å². The van der Waals surface area contributed by atoms with Crippen molar-refractivity contribution in [2.75, 3.05) is 18.1 Å². The van der Waals surface area contributed by atoms with E-state index in [0.29, 0.717) is 19.4 Å². The molecule has 68 valence electrons. The Hall–Kier alpha value is -0.420. The van der Waals surface area contributed by atoms with Gasteiger partial charge < -0.3 is 5.32 Å². The van der Waals surface area contributed by atoms with E-state index in [4.69, 9.17) is 0 Å². The van der Waals surface area contributed by atoms with Crippen LogP contribution in [0, 0.1) is 0 Å². The van der Waals surface area contributed by atoms with E-state index in [-0.39, 0.29) is 17.3 Å². The quantitative estimate of drug-likeness (QED) is 0.536. The average molecular weight is 189 g/mol. The minimum atomic E-state index is -2.95. The normalized spacial score (nSPS) is 39.5. The van der Waals surface area contributed by atoms with Crippen LogP contribution in [0.4, 0.5) is 0 Å². The molecular formula is C7H11NO3S. The van der Waals surface area contributed by atoms with E-state index < -0.39 is 15.4 Å². The van der Waals surface area contributed by atoms with Crippen LogP contribution in [0.3, 0.4) is 0 Å². The van der Waals surface area contributed by atoms with Gasteiger partial charge in [-0.2, -0.15) is 0 Å². The standard InChI is InChI=1S/C7H11NO3S/c9-6-1-3-8-7(6)2-4-12(10,11)5-7/h8H,1-5H2. The Bertz CT molecular complexity index is 322. The lowest BCUT2D eigenvalue weighted by molar-refractivity contribution is -0.121. The smallest absolute Gasteiger partial charge is 0.155 e. The fraction of sp³-hybridized carbons (Fsp3) is 0.857. The van der Waals surface area contributed by atoms with Crippen molar-refractivity contribution in [3.05, 3.63) is 0 Å². The molecule has 1 unspecified atom stereocenters. The van der Waals surface area contributed by atoms with E-state index in [2.05, 4.69) is 5.32 Å². The Kier molecular flexibility index (Phi) is 1.56. The fourth-order valence-corrected chi connectivity index (χ4v) is 3.92. The SMILES string of the molecule is O=C1CCNC12CCS(=O)(=O)C2. The highest BCUT2D eigenvalue weighted by molar-refractivity contribution is 7.91. The molecule has 2 saturated heterocycles. The molecule has 1 atom stereocenters. The first-order chi connectivity index (χ1) is 5.54. The Balaban J connectivity index is 2.31. The third kappa shape index (κ3) is 1.08. The summed E-state index contributed by atoms with van der Waals surface area (Å²) in [7, 11) is -2.95. The molecule has 0 aromatic heterocycles. The maximum Gasteiger partial charge on any atom is 0.155 e. The lowest BCUT2D eigenvalue weighted by Crippen LogP contribution is -2.46. The van der Waals surface area contributed by atoms with E-state index in [0.717, 1.165) is 0 Å². The van der Waals surface area contributed by atoms with Gasteiger partial charge in [0.2, 0.25) is 0 Å². The van der Waals surface area contributed by atoms with Crippen molar-refractivity contribution in [1.29, 1.82) is 0 Å². The zero-order valence-corrected chi connectivity index (χ0v) is 7.49. The lowest BCUT2D eigenvalue weighted by Gasteiger charge is -2.18. The minimum Gasteiger partial charge on any atom is -0.304 e. The van der Waals surface area contributed by atoms with Gasteiger partial charge in [-0.15, -0.1) is 0 Å². The molecule has 12 heavy (non-hydrogen) atoms. The molecule has 2 heterocycles. The molecule has 0 saturated carbocycles. The van der Waals surface area contributed by atoms with Crippen LogP contribution in [-0.2, 0) is 14.6 Å². The van der Waals surface area contributed by atoms with Crippen molar-refractivity contribution < 1.29 is 13.2 Å². The van der Waals surface area contributed by atoms with Crippen molar-refractivity contribution in [2.45, 2.75) is 18.4 Å². The van der Waals surface area contributed by atoms with Crippen molar-refractivity contribution in [1.82, 2.24) is 5.32 Å². The molecule has 1 spiro atoms. The second kappa shape index (κ2) is 2.29. The summed E-state index contributed by atoms with van der Waals surface area (Å²) in [4.78, 5) is 11.4. The molecule has 1 N–H and O–H groups in total. The van der Waals surface area contributed by atoms with Crippen LogP contribution in [0.5, 0.6) is 0 Å². The molecule has 5 heteroatoms. The van der Waals surface area contributed by atoms with Crippen LogP contribution in [0.15, 0.2) is 0 Å². The zero-order valence-electron chi connectivity index (χ0n) is 6.67. The van der Waals surface area contributed by atoms with Crippen LogP contribution in [-0.4, -0.2) is 37.8 Å². The molecule has 0 aromatic carbocycles. The Morgan fingerprint density at radius 1 is 1.42 bits per heavy atom. The summed E-state index contributed by atoms with van der Waals surface area (Å²) in [6, 6.07) is 0. The topological polar surface area (TPSA) is 63.2 Å². The number of hydrogen-bond donors (Lipinski definition) is 1. The molecule has 4 nitrogen and oxygen atoms in total. The number of hydrogen-bond acceptors (Lipinski definition) is 4. The molecule has 0 radical (unpaired) electrons. The molecule has 0 bridgehead atoms. The number of rotatable bonds is 0. The third-order valence-corrected chi connectivity index (χ3v) is 4.41. The molecule has 0 aromatic rings. The number of nitrogens with one attached hydrogen (secondary N) is 1. The van der Waals surface area contributed by atoms with Gasteiger partial charge >= 0.3 is 0 Å². The van der Waals surface area contributed by atoms with E-state index in [1.165, 1.54) is 0 Å². The van der Waals surface area contributed by atoms with Crippen LogP contribution in [0.2, 0.25) is 0 Å². The van der Waals surface area contributed by atoms with E-state index >= 15 is 0 Å². The van der Waals surface area contributed by atoms with Crippen molar-refractivity contribution in [3.63, 3.8) is 0 Å². The predicted molar refractivity (Wildman–Crippen MR) is 43.6 cm³/mol. The van der Waals surface area contributed by atoms with Gasteiger partial charge in [-0.05, 0) is 6.42 Å². The Morgan fingerprint density at radius 2 is 2.17 bits per heavy atom. The van der Waals surface area contributed by atoms with Gasteiger partial charge in [0, 0.05) is 13.0 Å². The minimum absolute atomic E-state index is 0.0127. The fourth-order valence-electron chi connectivity index (χ4n) is 1.96. The van der Waals surface area contributed by atoms with Gasteiger partial charge in [0.05, 0.1) is 17.0 Å².